The van der Waals surface area contributed by atoms with Crippen molar-refractivity contribution in [2.45, 2.75) is 0 Å². The average molecular weight is 341 g/mol. The lowest BCUT2D eigenvalue weighted by molar-refractivity contribution is 0.431. The SMILES string of the molecule is Cn1nccc1Oc1ccc2cncc(-c3cc4ccccc4o3)c2c1. The highest BCUT2D eigenvalue weighted by Crippen LogP contribution is 2.34. The molecule has 5 nitrogen and oxygen atoms in total. The molecule has 0 saturated carbocycles. The van der Waals surface area contributed by atoms with Crippen molar-refractivity contribution in [3.8, 4) is 23.0 Å². The first-order valence-corrected chi connectivity index (χ1v) is 8.30. The molecule has 126 valence electrons. The van der Waals surface area contributed by atoms with E-state index in [2.05, 4.69) is 10.1 Å². The molecule has 5 rings (SSSR count). The fourth-order valence-corrected chi connectivity index (χ4v) is 3.10. The Bertz CT molecular complexity index is 1200. The molecule has 2 aromatic carbocycles. The van der Waals surface area contributed by atoms with E-state index in [1.54, 1.807) is 10.9 Å². The van der Waals surface area contributed by atoms with E-state index in [0.29, 0.717) is 5.88 Å². The minimum absolute atomic E-state index is 0.684. The highest BCUT2D eigenvalue weighted by Gasteiger charge is 2.11. The number of pyridine rings is 1. The third-order valence-electron chi connectivity index (χ3n) is 4.42. The molecule has 0 aliphatic rings. The number of aryl methyl sites for hydroxylation is 1. The van der Waals surface area contributed by atoms with Gasteiger partial charge in [0.15, 0.2) is 0 Å². The van der Waals surface area contributed by atoms with Gasteiger partial charge >= 0.3 is 0 Å². The van der Waals surface area contributed by atoms with Crippen LogP contribution in [0.3, 0.4) is 0 Å². The Morgan fingerprint density at radius 3 is 2.73 bits per heavy atom. The molecule has 0 N–H and O–H groups in total. The number of ether oxygens (including phenoxy) is 1. The van der Waals surface area contributed by atoms with Crippen LogP contribution in [-0.2, 0) is 7.05 Å². The lowest BCUT2D eigenvalue weighted by Gasteiger charge is -2.08. The molecular formula is C21H15N3O2. The van der Waals surface area contributed by atoms with Crippen LogP contribution in [0, 0.1) is 0 Å². The Kier molecular flexibility index (Phi) is 3.25. The molecule has 0 fully saturated rings. The second-order valence-corrected chi connectivity index (χ2v) is 6.11. The van der Waals surface area contributed by atoms with Gasteiger partial charge in [0.2, 0.25) is 5.88 Å². The molecule has 3 heterocycles. The zero-order chi connectivity index (χ0) is 17.5. The van der Waals surface area contributed by atoms with Crippen molar-refractivity contribution in [3.63, 3.8) is 0 Å². The van der Waals surface area contributed by atoms with E-state index in [1.807, 2.05) is 74.0 Å². The quantitative estimate of drug-likeness (QED) is 0.454. The number of hydrogen-bond donors (Lipinski definition) is 0. The number of furan rings is 1. The Hall–Kier alpha value is -3.60. The topological polar surface area (TPSA) is 53.1 Å². The van der Waals surface area contributed by atoms with Crippen LogP contribution in [0.5, 0.6) is 11.6 Å². The lowest BCUT2D eigenvalue weighted by atomic mass is 10.1. The number of para-hydroxylation sites is 1. The van der Waals surface area contributed by atoms with Crippen LogP contribution in [0.25, 0.3) is 33.1 Å². The lowest BCUT2D eigenvalue weighted by Crippen LogP contribution is -1.94. The molecule has 0 unspecified atom stereocenters. The van der Waals surface area contributed by atoms with Crippen LogP contribution in [0.1, 0.15) is 0 Å². The maximum atomic E-state index is 6.03. The number of benzene rings is 2. The highest BCUT2D eigenvalue weighted by molar-refractivity contribution is 5.97. The van der Waals surface area contributed by atoms with Crippen molar-refractivity contribution in [1.29, 1.82) is 0 Å². The van der Waals surface area contributed by atoms with Gasteiger partial charge in [-0.25, -0.2) is 4.68 Å². The van der Waals surface area contributed by atoms with E-state index in [1.165, 1.54) is 0 Å². The van der Waals surface area contributed by atoms with Crippen molar-refractivity contribution in [2.75, 3.05) is 0 Å². The number of aromatic nitrogens is 3. The van der Waals surface area contributed by atoms with Gasteiger partial charge in [0.1, 0.15) is 17.1 Å². The molecule has 0 aliphatic carbocycles. The second kappa shape index (κ2) is 5.74. The van der Waals surface area contributed by atoms with Crippen molar-refractivity contribution < 1.29 is 9.15 Å². The summed E-state index contributed by atoms with van der Waals surface area (Å²) in [7, 11) is 1.85. The Labute approximate surface area is 149 Å². The summed E-state index contributed by atoms with van der Waals surface area (Å²) in [6, 6.07) is 17.8. The molecule has 0 atom stereocenters. The maximum absolute atomic E-state index is 6.03. The van der Waals surface area contributed by atoms with Gasteiger partial charge in [-0.05, 0) is 35.7 Å². The third kappa shape index (κ3) is 2.41. The van der Waals surface area contributed by atoms with Gasteiger partial charge in [0.25, 0.3) is 0 Å². The number of rotatable bonds is 3. The van der Waals surface area contributed by atoms with Gasteiger partial charge in [-0.1, -0.05) is 18.2 Å². The van der Waals surface area contributed by atoms with Crippen LogP contribution in [0.2, 0.25) is 0 Å². The molecule has 0 aliphatic heterocycles. The van der Waals surface area contributed by atoms with Crippen LogP contribution < -0.4 is 4.74 Å². The molecular weight excluding hydrogens is 326 g/mol. The van der Waals surface area contributed by atoms with Crippen molar-refractivity contribution in [3.05, 3.63) is 73.2 Å². The molecule has 0 amide bonds. The Balaban J connectivity index is 1.65. The molecule has 3 aromatic heterocycles. The van der Waals surface area contributed by atoms with E-state index in [4.69, 9.17) is 9.15 Å². The fraction of sp³-hybridized carbons (Fsp3) is 0.0476. The molecule has 0 bridgehead atoms. The molecule has 5 heteroatoms. The van der Waals surface area contributed by atoms with Crippen molar-refractivity contribution in [2.24, 2.45) is 7.05 Å². The van der Waals surface area contributed by atoms with Gasteiger partial charge in [-0.2, -0.15) is 5.10 Å². The fourth-order valence-electron chi connectivity index (χ4n) is 3.10. The van der Waals surface area contributed by atoms with Crippen LogP contribution >= 0.6 is 0 Å². The first-order valence-electron chi connectivity index (χ1n) is 8.30. The minimum atomic E-state index is 0.684. The first kappa shape index (κ1) is 14.7. The predicted molar refractivity (Wildman–Crippen MR) is 100 cm³/mol. The van der Waals surface area contributed by atoms with Crippen LogP contribution in [0.15, 0.2) is 77.6 Å². The molecule has 0 radical (unpaired) electrons. The molecule has 26 heavy (non-hydrogen) atoms. The zero-order valence-electron chi connectivity index (χ0n) is 14.1. The minimum Gasteiger partial charge on any atom is -0.456 e. The summed E-state index contributed by atoms with van der Waals surface area (Å²) >= 11 is 0. The summed E-state index contributed by atoms with van der Waals surface area (Å²) in [6.07, 6.45) is 5.38. The zero-order valence-corrected chi connectivity index (χ0v) is 14.1. The standard InChI is InChI=1S/C21H15N3O2/c1-24-21(8-9-23-24)25-16-7-6-15-12-22-13-18(17(15)11-16)20-10-14-4-2-3-5-19(14)26-20/h2-13H,1H3. The molecule has 0 spiro atoms. The second-order valence-electron chi connectivity index (χ2n) is 6.11. The van der Waals surface area contributed by atoms with Crippen LogP contribution in [0.4, 0.5) is 0 Å². The monoisotopic (exact) mass is 341 g/mol. The normalized spacial score (nSPS) is 11.3. The first-order chi connectivity index (χ1) is 12.8. The van der Waals surface area contributed by atoms with E-state index in [0.717, 1.165) is 38.8 Å². The molecule has 5 aromatic rings. The summed E-state index contributed by atoms with van der Waals surface area (Å²) in [6.45, 7) is 0. The van der Waals surface area contributed by atoms with Gasteiger partial charge in [-0.3, -0.25) is 4.98 Å². The van der Waals surface area contributed by atoms with E-state index in [9.17, 15) is 0 Å². The van der Waals surface area contributed by atoms with Crippen molar-refractivity contribution >= 4 is 21.7 Å². The van der Waals surface area contributed by atoms with E-state index in [-0.39, 0.29) is 0 Å². The number of nitrogens with zero attached hydrogens (tertiary/aromatic N) is 3. The predicted octanol–water partition coefficient (Wildman–Crippen LogP) is 5.17. The van der Waals surface area contributed by atoms with Crippen molar-refractivity contribution in [1.82, 2.24) is 14.8 Å². The maximum Gasteiger partial charge on any atom is 0.217 e. The number of fused-ring (bicyclic) bond motifs is 2. The third-order valence-corrected chi connectivity index (χ3v) is 4.42. The highest BCUT2D eigenvalue weighted by atomic mass is 16.5. The summed E-state index contributed by atoms with van der Waals surface area (Å²) in [4.78, 5) is 4.36. The summed E-state index contributed by atoms with van der Waals surface area (Å²) in [5.41, 5.74) is 1.80. The summed E-state index contributed by atoms with van der Waals surface area (Å²) in [5.74, 6) is 2.22. The Morgan fingerprint density at radius 1 is 0.962 bits per heavy atom. The Morgan fingerprint density at radius 2 is 1.88 bits per heavy atom. The van der Waals surface area contributed by atoms with Gasteiger partial charge in [-0.15, -0.1) is 0 Å². The molecule has 0 saturated heterocycles. The van der Waals surface area contributed by atoms with Gasteiger partial charge in [0.05, 0.1) is 6.20 Å². The van der Waals surface area contributed by atoms with Crippen LogP contribution in [-0.4, -0.2) is 14.8 Å². The van der Waals surface area contributed by atoms with Gasteiger partial charge in [0, 0.05) is 41.8 Å². The summed E-state index contributed by atoms with van der Waals surface area (Å²) < 4.78 is 13.7. The largest absolute Gasteiger partial charge is 0.456 e. The summed E-state index contributed by atoms with van der Waals surface area (Å²) in [5, 5.41) is 7.26. The van der Waals surface area contributed by atoms with Gasteiger partial charge < -0.3 is 9.15 Å². The average Bonchev–Trinajstić information content (AvgIpc) is 3.27. The van der Waals surface area contributed by atoms with E-state index < -0.39 is 0 Å². The number of hydrogen-bond acceptors (Lipinski definition) is 4. The smallest absolute Gasteiger partial charge is 0.217 e. The van der Waals surface area contributed by atoms with E-state index >= 15 is 0 Å².